The molecule has 0 aliphatic carbocycles. The molecule has 0 aromatic heterocycles. The number of fused-ring (bicyclic) bond motifs is 1. The van der Waals surface area contributed by atoms with E-state index >= 15 is 0 Å². The van der Waals surface area contributed by atoms with E-state index in [2.05, 4.69) is 36.5 Å². The van der Waals surface area contributed by atoms with Gasteiger partial charge in [0.2, 0.25) is 6.41 Å². The number of rotatable bonds is 3. The average Bonchev–Trinajstić information content (AvgIpc) is 2.69. The number of hydrogen-bond acceptors (Lipinski definition) is 4. The molecule has 0 atom stereocenters. The molecule has 1 saturated heterocycles. The van der Waals surface area contributed by atoms with Crippen molar-refractivity contribution in [2.24, 2.45) is 0 Å². The molecule has 140 valence electrons. The van der Waals surface area contributed by atoms with Crippen molar-refractivity contribution in [3.05, 3.63) is 58.9 Å². The molecule has 1 amide bonds. The van der Waals surface area contributed by atoms with Crippen molar-refractivity contribution in [3.63, 3.8) is 0 Å². The van der Waals surface area contributed by atoms with Gasteiger partial charge in [-0.05, 0) is 55.2 Å². The Balaban J connectivity index is 1.54. The molecule has 1 aromatic carbocycles. The highest BCUT2D eigenvalue weighted by Gasteiger charge is 2.39. The van der Waals surface area contributed by atoms with Crippen LogP contribution in [-0.2, 0) is 11.2 Å². The first-order valence-corrected chi connectivity index (χ1v) is 9.51. The highest BCUT2D eigenvalue weighted by molar-refractivity contribution is 5.80. The maximum Gasteiger partial charge on any atom is 0.209 e. The molecule has 4 rings (SSSR count). The van der Waals surface area contributed by atoms with E-state index in [0.717, 1.165) is 62.3 Å². The number of piperidine rings is 1. The van der Waals surface area contributed by atoms with Gasteiger partial charge in [0.1, 0.15) is 11.4 Å². The van der Waals surface area contributed by atoms with E-state index in [1.54, 1.807) is 6.08 Å². The van der Waals surface area contributed by atoms with Gasteiger partial charge in [-0.25, -0.2) is 0 Å². The van der Waals surface area contributed by atoms with Crippen LogP contribution >= 0.6 is 0 Å². The number of amides is 1. The SMILES string of the molecule is CC1=C(c2ccc3c(c2)CCC2(CCN(C=O)CC2)O3)C=C/C(=C/C=N)N1. The Morgan fingerprint density at radius 1 is 1.22 bits per heavy atom. The Kier molecular flexibility index (Phi) is 4.60. The minimum atomic E-state index is -0.109. The first kappa shape index (κ1) is 17.6. The van der Waals surface area contributed by atoms with E-state index in [4.69, 9.17) is 10.1 Å². The third-order valence-corrected chi connectivity index (χ3v) is 5.83. The predicted octanol–water partition coefficient (Wildman–Crippen LogP) is 3.43. The van der Waals surface area contributed by atoms with Crippen molar-refractivity contribution in [2.45, 2.75) is 38.2 Å². The first-order valence-electron chi connectivity index (χ1n) is 9.51. The minimum absolute atomic E-state index is 0.109. The molecule has 0 bridgehead atoms. The Bertz CT molecular complexity index is 858. The van der Waals surface area contributed by atoms with Crippen molar-refractivity contribution in [1.29, 1.82) is 5.41 Å². The number of dihydropyridines is 1. The predicted molar refractivity (Wildman–Crippen MR) is 107 cm³/mol. The maximum atomic E-state index is 11.0. The Morgan fingerprint density at radius 2 is 2.04 bits per heavy atom. The third kappa shape index (κ3) is 3.42. The van der Waals surface area contributed by atoms with Crippen LogP contribution in [0.1, 0.15) is 37.3 Å². The second-order valence-electron chi connectivity index (χ2n) is 7.53. The van der Waals surface area contributed by atoms with Crippen molar-refractivity contribution in [1.82, 2.24) is 10.2 Å². The van der Waals surface area contributed by atoms with Crippen LogP contribution in [-0.4, -0.2) is 36.2 Å². The number of carbonyl (C=O) groups excluding carboxylic acids is 1. The smallest absolute Gasteiger partial charge is 0.209 e. The average molecular weight is 363 g/mol. The highest BCUT2D eigenvalue weighted by atomic mass is 16.5. The summed E-state index contributed by atoms with van der Waals surface area (Å²) < 4.78 is 6.45. The molecule has 3 aliphatic rings. The maximum absolute atomic E-state index is 11.0. The quantitative estimate of drug-likeness (QED) is 0.639. The summed E-state index contributed by atoms with van der Waals surface area (Å²) in [7, 11) is 0. The summed E-state index contributed by atoms with van der Waals surface area (Å²) in [4.78, 5) is 12.8. The van der Waals surface area contributed by atoms with E-state index in [-0.39, 0.29) is 5.60 Å². The van der Waals surface area contributed by atoms with Gasteiger partial charge in [0.05, 0.1) is 0 Å². The molecule has 3 heterocycles. The molecule has 0 radical (unpaired) electrons. The molecule has 1 aromatic rings. The molecule has 5 heteroatoms. The lowest BCUT2D eigenvalue weighted by Gasteiger charge is -2.43. The van der Waals surface area contributed by atoms with Gasteiger partial charge in [-0.1, -0.05) is 12.1 Å². The van der Waals surface area contributed by atoms with E-state index < -0.39 is 0 Å². The van der Waals surface area contributed by atoms with Crippen LogP contribution in [0.2, 0.25) is 0 Å². The fourth-order valence-corrected chi connectivity index (χ4v) is 4.20. The standard InChI is InChI=1S/C22H25N3O2/c1-16-20(4-3-19(24-16)7-11-23)17-2-5-21-18(14-17)6-8-22(27-21)9-12-25(15-26)13-10-22/h2-5,7,11,14-15,23-24H,6,8-10,12-13H2,1H3/b19-7-,23-11?. The first-order chi connectivity index (χ1) is 13.1. The summed E-state index contributed by atoms with van der Waals surface area (Å²) in [5.74, 6) is 0.986. The van der Waals surface area contributed by atoms with Crippen LogP contribution in [0.4, 0.5) is 0 Å². The molecule has 2 N–H and O–H groups in total. The van der Waals surface area contributed by atoms with Crippen LogP contribution < -0.4 is 10.1 Å². The molecular weight excluding hydrogens is 338 g/mol. The summed E-state index contributed by atoms with van der Waals surface area (Å²) in [6.45, 7) is 3.62. The van der Waals surface area contributed by atoms with Gasteiger partial charge < -0.3 is 20.4 Å². The van der Waals surface area contributed by atoms with Gasteiger partial charge in [-0.3, -0.25) is 4.79 Å². The Morgan fingerprint density at radius 3 is 2.74 bits per heavy atom. The number of carbonyl (C=O) groups is 1. The Labute approximate surface area is 159 Å². The van der Waals surface area contributed by atoms with Crippen molar-refractivity contribution in [3.8, 4) is 5.75 Å². The molecule has 0 saturated carbocycles. The topological polar surface area (TPSA) is 65.4 Å². The van der Waals surface area contributed by atoms with Gasteiger partial charge >= 0.3 is 0 Å². The minimum Gasteiger partial charge on any atom is -0.487 e. The summed E-state index contributed by atoms with van der Waals surface area (Å²) in [5, 5.41) is 10.5. The van der Waals surface area contributed by atoms with Gasteiger partial charge in [-0.15, -0.1) is 0 Å². The molecule has 5 nitrogen and oxygen atoms in total. The Hall–Kier alpha value is -2.82. The lowest BCUT2D eigenvalue weighted by molar-refractivity contribution is -0.121. The number of ether oxygens (including phenoxy) is 1. The molecule has 0 unspecified atom stereocenters. The van der Waals surface area contributed by atoms with E-state index in [1.165, 1.54) is 22.9 Å². The molecule has 1 fully saturated rings. The van der Waals surface area contributed by atoms with Crippen molar-refractivity contribution in [2.75, 3.05) is 13.1 Å². The number of aryl methyl sites for hydroxylation is 1. The number of likely N-dealkylation sites (tertiary alicyclic amines) is 1. The zero-order chi connectivity index (χ0) is 18.9. The zero-order valence-electron chi connectivity index (χ0n) is 15.6. The number of allylic oxidation sites excluding steroid dienone is 5. The van der Waals surface area contributed by atoms with Gasteiger partial charge in [0.15, 0.2) is 0 Å². The fraction of sp³-hybridized carbons (Fsp3) is 0.364. The molecule has 27 heavy (non-hydrogen) atoms. The van der Waals surface area contributed by atoms with E-state index in [1.807, 2.05) is 11.0 Å². The van der Waals surface area contributed by atoms with E-state index in [0.29, 0.717) is 0 Å². The van der Waals surface area contributed by atoms with Crippen LogP contribution in [0.25, 0.3) is 5.57 Å². The lowest BCUT2D eigenvalue weighted by Crippen LogP contribution is -2.49. The number of nitrogens with zero attached hydrogens (tertiary/aromatic N) is 1. The zero-order valence-corrected chi connectivity index (χ0v) is 15.6. The summed E-state index contributed by atoms with van der Waals surface area (Å²) in [5.41, 5.74) is 5.50. The third-order valence-electron chi connectivity index (χ3n) is 5.83. The van der Waals surface area contributed by atoms with Crippen LogP contribution in [0.3, 0.4) is 0 Å². The second-order valence-corrected chi connectivity index (χ2v) is 7.53. The van der Waals surface area contributed by atoms with Crippen LogP contribution in [0, 0.1) is 5.41 Å². The van der Waals surface area contributed by atoms with Gasteiger partial charge in [0, 0.05) is 49.1 Å². The number of benzene rings is 1. The highest BCUT2D eigenvalue weighted by Crippen LogP contribution is 2.40. The van der Waals surface area contributed by atoms with Gasteiger partial charge in [-0.2, -0.15) is 0 Å². The van der Waals surface area contributed by atoms with Crippen molar-refractivity contribution < 1.29 is 9.53 Å². The summed E-state index contributed by atoms with van der Waals surface area (Å²) in [6, 6.07) is 6.45. The summed E-state index contributed by atoms with van der Waals surface area (Å²) >= 11 is 0. The fourth-order valence-electron chi connectivity index (χ4n) is 4.20. The molecular formula is C22H25N3O2. The number of hydrogen-bond donors (Lipinski definition) is 2. The summed E-state index contributed by atoms with van der Waals surface area (Å²) in [6.07, 6.45) is 11.9. The van der Waals surface area contributed by atoms with Crippen LogP contribution in [0.5, 0.6) is 5.75 Å². The van der Waals surface area contributed by atoms with E-state index in [9.17, 15) is 4.79 Å². The molecule has 3 aliphatic heterocycles. The largest absolute Gasteiger partial charge is 0.487 e. The second kappa shape index (κ2) is 7.06. The molecule has 1 spiro atoms. The monoisotopic (exact) mass is 363 g/mol. The van der Waals surface area contributed by atoms with Gasteiger partial charge in [0.25, 0.3) is 0 Å². The lowest BCUT2D eigenvalue weighted by atomic mass is 9.82. The van der Waals surface area contributed by atoms with Crippen LogP contribution in [0.15, 0.2) is 47.8 Å². The number of nitrogens with one attached hydrogen (secondary N) is 2. The normalized spacial score (nSPS) is 22.3. The van der Waals surface area contributed by atoms with Crippen molar-refractivity contribution >= 4 is 18.2 Å².